The molecule has 0 saturated carbocycles. The number of aromatic nitrogens is 1. The molecule has 230 valence electrons. The Morgan fingerprint density at radius 2 is 1.42 bits per heavy atom. The van der Waals surface area contributed by atoms with Crippen LogP contribution in [0.3, 0.4) is 0 Å². The van der Waals surface area contributed by atoms with Gasteiger partial charge in [-0.25, -0.2) is 0 Å². The van der Waals surface area contributed by atoms with Crippen LogP contribution in [0.5, 0.6) is 0 Å². The van der Waals surface area contributed by atoms with Gasteiger partial charge in [0.15, 0.2) is 0 Å². The molecule has 1 atom stereocenters. The number of carbonyl (C=O) groups is 1. The fraction of sp³-hybridized carbons (Fsp3) is 0.282. The summed E-state index contributed by atoms with van der Waals surface area (Å²) in [6, 6.07) is 36.1. The van der Waals surface area contributed by atoms with Crippen molar-refractivity contribution >= 4 is 16.7 Å². The Hall–Kier alpha value is -4.52. The summed E-state index contributed by atoms with van der Waals surface area (Å²) in [4.78, 5) is 33.6. The molecule has 1 aliphatic heterocycles. The van der Waals surface area contributed by atoms with Gasteiger partial charge in [-0.15, -0.1) is 0 Å². The van der Waals surface area contributed by atoms with E-state index < -0.39 is 0 Å². The summed E-state index contributed by atoms with van der Waals surface area (Å²) in [5.41, 5.74) is 5.49. The molecule has 0 unspecified atom stereocenters. The van der Waals surface area contributed by atoms with Crippen molar-refractivity contribution in [3.63, 3.8) is 0 Å². The minimum atomic E-state index is -0.153. The van der Waals surface area contributed by atoms with Gasteiger partial charge < -0.3 is 10.2 Å². The van der Waals surface area contributed by atoms with Crippen LogP contribution >= 0.6 is 0 Å². The molecule has 1 fully saturated rings. The number of amides is 1. The average Bonchev–Trinajstić information content (AvgIpc) is 3.08. The number of rotatable bonds is 10. The predicted molar refractivity (Wildman–Crippen MR) is 183 cm³/mol. The number of aryl methyl sites for hydroxylation is 1. The van der Waals surface area contributed by atoms with Crippen molar-refractivity contribution in [1.82, 2.24) is 19.7 Å². The van der Waals surface area contributed by atoms with Crippen LogP contribution in [-0.2, 0) is 13.0 Å². The maximum absolute atomic E-state index is 14.4. The molecular formula is C39H42N4O2. The maximum atomic E-state index is 14.4. The van der Waals surface area contributed by atoms with Crippen LogP contribution in [0.4, 0.5) is 0 Å². The third-order valence-electron chi connectivity index (χ3n) is 8.99. The summed E-state index contributed by atoms with van der Waals surface area (Å²) in [5.74, 6) is -0.153. The van der Waals surface area contributed by atoms with Crippen LogP contribution < -0.4 is 10.9 Å². The van der Waals surface area contributed by atoms with E-state index in [2.05, 4.69) is 64.5 Å². The van der Waals surface area contributed by atoms with E-state index in [4.69, 9.17) is 0 Å². The first-order valence-corrected chi connectivity index (χ1v) is 16.1. The highest BCUT2D eigenvalue weighted by Crippen LogP contribution is 2.26. The van der Waals surface area contributed by atoms with Crippen LogP contribution in [0, 0.1) is 6.92 Å². The lowest BCUT2D eigenvalue weighted by atomic mass is 9.99. The second-order valence-electron chi connectivity index (χ2n) is 12.0. The predicted octanol–water partition coefficient (Wildman–Crippen LogP) is 6.54. The number of carbonyl (C=O) groups excluding carboxylic acids is 1. The Morgan fingerprint density at radius 1 is 0.778 bits per heavy atom. The van der Waals surface area contributed by atoms with Gasteiger partial charge in [0, 0.05) is 55.7 Å². The van der Waals surface area contributed by atoms with Crippen LogP contribution in [0.1, 0.15) is 52.1 Å². The van der Waals surface area contributed by atoms with Gasteiger partial charge >= 0.3 is 0 Å². The first kappa shape index (κ1) is 30.5. The molecule has 0 radical (unpaired) electrons. The molecule has 1 amide bonds. The van der Waals surface area contributed by atoms with Crippen LogP contribution in [0.25, 0.3) is 16.5 Å². The molecule has 1 saturated heterocycles. The van der Waals surface area contributed by atoms with E-state index in [0.717, 1.165) is 68.1 Å². The van der Waals surface area contributed by atoms with Gasteiger partial charge in [-0.3, -0.25) is 19.1 Å². The van der Waals surface area contributed by atoms with Crippen molar-refractivity contribution < 1.29 is 4.79 Å². The number of hydrogen-bond acceptors (Lipinski definition) is 4. The smallest absolute Gasteiger partial charge is 0.263 e. The largest absolute Gasteiger partial charge is 0.345 e. The lowest BCUT2D eigenvalue weighted by Gasteiger charge is -2.35. The Bertz CT molecular complexity index is 1810. The van der Waals surface area contributed by atoms with Crippen molar-refractivity contribution in [3.8, 4) is 5.69 Å². The molecule has 1 N–H and O–H groups in total. The standard InChI is InChI=1S/C39H42N4O2/c1-3-35(31-16-8-5-9-17-31)40-38(44)37-33-19-10-11-20-34(33)39(45)43(32-18-12-13-29(2)27-32)36(37)28-42-25-23-41(24-26-42)22-21-30-14-6-4-7-15-30/h4-20,27,35H,3,21-26,28H2,1-2H3,(H,40,44)/t35-/m0/s1. The molecular weight excluding hydrogens is 556 g/mol. The highest BCUT2D eigenvalue weighted by molar-refractivity contribution is 6.08. The first-order chi connectivity index (χ1) is 22.0. The Balaban J connectivity index is 1.37. The lowest BCUT2D eigenvalue weighted by molar-refractivity contribution is 0.0931. The van der Waals surface area contributed by atoms with Gasteiger partial charge in [0.2, 0.25) is 0 Å². The van der Waals surface area contributed by atoms with Crippen molar-refractivity contribution in [1.29, 1.82) is 0 Å². The van der Waals surface area contributed by atoms with Crippen molar-refractivity contribution in [2.45, 2.75) is 39.3 Å². The topological polar surface area (TPSA) is 57.6 Å². The van der Waals surface area contributed by atoms with E-state index in [1.165, 1.54) is 5.56 Å². The summed E-state index contributed by atoms with van der Waals surface area (Å²) in [7, 11) is 0. The zero-order valence-electron chi connectivity index (χ0n) is 26.3. The van der Waals surface area contributed by atoms with E-state index in [0.29, 0.717) is 22.9 Å². The molecule has 0 spiro atoms. The molecule has 1 aliphatic rings. The van der Waals surface area contributed by atoms with E-state index >= 15 is 0 Å². The molecule has 6 nitrogen and oxygen atoms in total. The van der Waals surface area contributed by atoms with E-state index in [-0.39, 0.29) is 17.5 Å². The molecule has 0 aliphatic carbocycles. The summed E-state index contributed by atoms with van der Waals surface area (Å²) in [5, 5.41) is 4.58. The average molecular weight is 599 g/mol. The molecule has 45 heavy (non-hydrogen) atoms. The second-order valence-corrected chi connectivity index (χ2v) is 12.0. The fourth-order valence-corrected chi connectivity index (χ4v) is 6.49. The number of benzene rings is 4. The SMILES string of the molecule is CC[C@H](NC(=O)c1c(CN2CCN(CCc3ccccc3)CC2)n(-c2cccc(C)c2)c(=O)c2ccccc12)c1ccccc1. The van der Waals surface area contributed by atoms with Crippen LogP contribution in [-0.4, -0.2) is 53.0 Å². The minimum absolute atomic E-state index is 0.0978. The highest BCUT2D eigenvalue weighted by Gasteiger charge is 2.27. The maximum Gasteiger partial charge on any atom is 0.263 e. The Labute approximate surface area is 265 Å². The zero-order valence-corrected chi connectivity index (χ0v) is 26.3. The second kappa shape index (κ2) is 14.1. The Kier molecular flexibility index (Phi) is 9.53. The number of hydrogen-bond donors (Lipinski definition) is 1. The summed E-state index contributed by atoms with van der Waals surface area (Å²) >= 11 is 0. The van der Waals surface area contributed by atoms with E-state index in [9.17, 15) is 9.59 Å². The third-order valence-corrected chi connectivity index (χ3v) is 8.99. The van der Waals surface area contributed by atoms with Gasteiger partial charge in [0.1, 0.15) is 0 Å². The zero-order chi connectivity index (χ0) is 31.2. The summed E-state index contributed by atoms with van der Waals surface area (Å²) in [6.45, 7) is 9.27. The van der Waals surface area contributed by atoms with E-state index in [1.54, 1.807) is 4.57 Å². The lowest BCUT2D eigenvalue weighted by Crippen LogP contribution is -2.47. The third kappa shape index (κ3) is 6.93. The monoisotopic (exact) mass is 598 g/mol. The number of nitrogens with zero attached hydrogens (tertiary/aromatic N) is 3. The van der Waals surface area contributed by atoms with Gasteiger partial charge in [-0.1, -0.05) is 97.9 Å². The van der Waals surface area contributed by atoms with Gasteiger partial charge in [0.05, 0.1) is 17.3 Å². The van der Waals surface area contributed by atoms with Gasteiger partial charge in [-0.2, -0.15) is 0 Å². The molecule has 2 heterocycles. The molecule has 5 aromatic rings. The number of piperazine rings is 1. The minimum Gasteiger partial charge on any atom is -0.345 e. The van der Waals surface area contributed by atoms with Crippen molar-refractivity contribution in [2.24, 2.45) is 0 Å². The highest BCUT2D eigenvalue weighted by atomic mass is 16.2. The number of fused-ring (bicyclic) bond motifs is 1. The van der Waals surface area contributed by atoms with Crippen molar-refractivity contribution in [3.05, 3.63) is 147 Å². The van der Waals surface area contributed by atoms with Crippen LogP contribution in [0.15, 0.2) is 114 Å². The molecule has 6 heteroatoms. The summed E-state index contributed by atoms with van der Waals surface area (Å²) in [6.07, 6.45) is 1.79. The normalized spacial score (nSPS) is 14.8. The van der Waals surface area contributed by atoms with E-state index in [1.807, 2.05) is 73.7 Å². The molecule has 0 bridgehead atoms. The van der Waals surface area contributed by atoms with Gasteiger partial charge in [0.25, 0.3) is 11.5 Å². The first-order valence-electron chi connectivity index (χ1n) is 16.1. The molecule has 4 aromatic carbocycles. The Morgan fingerprint density at radius 3 is 2.11 bits per heavy atom. The van der Waals surface area contributed by atoms with Crippen LogP contribution in [0.2, 0.25) is 0 Å². The fourth-order valence-electron chi connectivity index (χ4n) is 6.49. The van der Waals surface area contributed by atoms with Gasteiger partial charge in [-0.05, 0) is 54.7 Å². The number of pyridine rings is 1. The molecule has 6 rings (SSSR count). The molecule has 1 aromatic heterocycles. The quantitative estimate of drug-likeness (QED) is 0.198. The van der Waals surface area contributed by atoms with Crippen molar-refractivity contribution in [2.75, 3.05) is 32.7 Å². The number of nitrogens with one attached hydrogen (secondary N) is 1. The summed E-state index contributed by atoms with van der Waals surface area (Å²) < 4.78 is 1.79.